The van der Waals surface area contributed by atoms with Crippen molar-refractivity contribution in [3.8, 4) is 0 Å². The van der Waals surface area contributed by atoms with Gasteiger partial charge in [0.25, 0.3) is 0 Å². The van der Waals surface area contributed by atoms with Gasteiger partial charge in [-0.05, 0) is 18.6 Å². The fourth-order valence-electron chi connectivity index (χ4n) is 2.70. The number of para-hydroxylation sites is 1. The number of sulfonamides is 1. The Hall–Kier alpha value is -1.57. The topological polar surface area (TPSA) is 70.5 Å². The minimum atomic E-state index is -3.89. The molecule has 0 amide bonds. The fourth-order valence-corrected chi connectivity index (χ4v) is 4.52. The number of benzene rings is 1. The van der Waals surface area contributed by atoms with E-state index in [1.807, 2.05) is 0 Å². The normalized spacial score (nSPS) is 23.7. The number of halogens is 1. The second-order valence-electron chi connectivity index (χ2n) is 5.08. The van der Waals surface area contributed by atoms with Crippen LogP contribution in [0.3, 0.4) is 0 Å². The fraction of sp³-hybridized carbons (Fsp3) is 0.357. The van der Waals surface area contributed by atoms with E-state index >= 15 is 0 Å². The third kappa shape index (κ3) is 2.41. The van der Waals surface area contributed by atoms with E-state index < -0.39 is 28.8 Å². The van der Waals surface area contributed by atoms with Crippen LogP contribution in [0.5, 0.6) is 0 Å². The second-order valence-corrected chi connectivity index (χ2v) is 6.93. The third-order valence-electron chi connectivity index (χ3n) is 3.71. The number of hydrogen-bond donors (Lipinski definition) is 1. The Morgan fingerprint density at radius 3 is 2.86 bits per heavy atom. The number of aromatic nitrogens is 1. The molecule has 21 heavy (non-hydrogen) atoms. The van der Waals surface area contributed by atoms with Crippen molar-refractivity contribution < 1.29 is 17.9 Å². The first-order chi connectivity index (χ1) is 10.0. The number of aliphatic hydroxyl groups excluding tert-OH is 1. The molecule has 2 aromatic rings. The van der Waals surface area contributed by atoms with Crippen molar-refractivity contribution in [2.75, 3.05) is 13.2 Å². The summed E-state index contributed by atoms with van der Waals surface area (Å²) in [6.45, 7) is -0.616. The van der Waals surface area contributed by atoms with Crippen LogP contribution in [-0.2, 0) is 10.0 Å². The zero-order valence-corrected chi connectivity index (χ0v) is 12.0. The van der Waals surface area contributed by atoms with Crippen LogP contribution in [0.15, 0.2) is 41.4 Å². The molecule has 1 aliphatic rings. The van der Waals surface area contributed by atoms with Crippen LogP contribution in [-0.4, -0.2) is 48.2 Å². The molecule has 3 rings (SSSR count). The van der Waals surface area contributed by atoms with Gasteiger partial charge >= 0.3 is 0 Å². The lowest BCUT2D eigenvalue weighted by Gasteiger charge is -2.22. The van der Waals surface area contributed by atoms with Gasteiger partial charge in [-0.3, -0.25) is 4.98 Å². The summed E-state index contributed by atoms with van der Waals surface area (Å²) in [6, 6.07) is 7.64. The highest BCUT2D eigenvalue weighted by Crippen LogP contribution is 2.30. The lowest BCUT2D eigenvalue weighted by Crippen LogP contribution is -2.38. The largest absolute Gasteiger partial charge is 0.395 e. The Balaban J connectivity index is 2.13. The average Bonchev–Trinajstić information content (AvgIpc) is 2.88. The Labute approximate surface area is 122 Å². The zero-order valence-electron chi connectivity index (χ0n) is 11.2. The Kier molecular flexibility index (Phi) is 3.64. The van der Waals surface area contributed by atoms with E-state index in [2.05, 4.69) is 4.98 Å². The number of hydrogen-bond acceptors (Lipinski definition) is 4. The summed E-state index contributed by atoms with van der Waals surface area (Å²) in [5.41, 5.74) is 0.360. The van der Waals surface area contributed by atoms with Gasteiger partial charge in [-0.1, -0.05) is 18.2 Å². The molecule has 1 aromatic heterocycles. The molecule has 0 unspecified atom stereocenters. The number of rotatable bonds is 3. The Morgan fingerprint density at radius 2 is 2.10 bits per heavy atom. The highest BCUT2D eigenvalue weighted by atomic mass is 32.2. The summed E-state index contributed by atoms with van der Waals surface area (Å²) in [4.78, 5) is 4.18. The van der Waals surface area contributed by atoms with Crippen LogP contribution in [0, 0.1) is 0 Å². The lowest BCUT2D eigenvalue weighted by molar-refractivity contribution is 0.213. The summed E-state index contributed by atoms with van der Waals surface area (Å²) >= 11 is 0. The molecule has 7 heteroatoms. The summed E-state index contributed by atoms with van der Waals surface area (Å²) in [6.07, 6.45) is 0.292. The average molecular weight is 310 g/mol. The van der Waals surface area contributed by atoms with Gasteiger partial charge < -0.3 is 5.11 Å². The molecule has 1 aliphatic heterocycles. The highest BCUT2D eigenvalue weighted by Gasteiger charge is 2.40. The maximum Gasteiger partial charge on any atom is 0.245 e. The van der Waals surface area contributed by atoms with E-state index in [0.29, 0.717) is 10.9 Å². The maximum absolute atomic E-state index is 13.5. The molecule has 0 saturated carbocycles. The molecule has 112 valence electrons. The second kappa shape index (κ2) is 5.32. The van der Waals surface area contributed by atoms with Crippen molar-refractivity contribution in [3.63, 3.8) is 0 Å². The molecule has 0 spiro atoms. The third-order valence-corrected chi connectivity index (χ3v) is 5.66. The standard InChI is InChI=1S/C14H15FN2O3S/c15-11-7-12(9-18)17(8-11)21(19,20)13-5-1-3-10-4-2-6-16-14(10)13/h1-6,11-12,18H,7-9H2/t11-,12-/m0/s1. The molecule has 0 bridgehead atoms. The molecule has 0 aliphatic carbocycles. The van der Waals surface area contributed by atoms with Gasteiger partial charge in [-0.25, -0.2) is 12.8 Å². The summed E-state index contributed by atoms with van der Waals surface area (Å²) in [5, 5.41) is 9.99. The predicted molar refractivity (Wildman–Crippen MR) is 76.0 cm³/mol. The summed E-state index contributed by atoms with van der Waals surface area (Å²) < 4.78 is 40.1. The molecule has 1 saturated heterocycles. The van der Waals surface area contributed by atoms with Gasteiger partial charge in [0.2, 0.25) is 10.0 Å². The van der Waals surface area contributed by atoms with E-state index in [4.69, 9.17) is 0 Å². The Morgan fingerprint density at radius 1 is 1.33 bits per heavy atom. The summed E-state index contributed by atoms with van der Waals surface area (Å²) in [5.74, 6) is 0. The van der Waals surface area contributed by atoms with E-state index in [1.165, 1.54) is 12.3 Å². The van der Waals surface area contributed by atoms with Crippen molar-refractivity contribution >= 4 is 20.9 Å². The lowest BCUT2D eigenvalue weighted by atomic mass is 10.2. The molecule has 5 nitrogen and oxygen atoms in total. The molecule has 1 N–H and O–H groups in total. The van der Waals surface area contributed by atoms with Crippen molar-refractivity contribution in [2.45, 2.75) is 23.5 Å². The maximum atomic E-state index is 13.5. The van der Waals surface area contributed by atoms with Crippen LogP contribution < -0.4 is 0 Å². The number of fused-ring (bicyclic) bond motifs is 1. The van der Waals surface area contributed by atoms with Crippen LogP contribution in [0.2, 0.25) is 0 Å². The number of pyridine rings is 1. The van der Waals surface area contributed by atoms with E-state index in [-0.39, 0.29) is 17.9 Å². The van der Waals surface area contributed by atoms with Gasteiger partial charge in [0.1, 0.15) is 11.1 Å². The van der Waals surface area contributed by atoms with Crippen molar-refractivity contribution in [3.05, 3.63) is 36.5 Å². The molecule has 2 atom stereocenters. The smallest absolute Gasteiger partial charge is 0.245 e. The zero-order chi connectivity index (χ0) is 15.0. The molecule has 0 radical (unpaired) electrons. The molecule has 1 aromatic carbocycles. The number of nitrogens with zero attached hydrogens (tertiary/aromatic N) is 2. The van der Waals surface area contributed by atoms with Crippen molar-refractivity contribution in [1.82, 2.24) is 9.29 Å². The molecular weight excluding hydrogens is 295 g/mol. The number of aliphatic hydroxyl groups is 1. The van der Waals surface area contributed by atoms with Crippen LogP contribution in [0.25, 0.3) is 10.9 Å². The Bertz CT molecular complexity index is 760. The van der Waals surface area contributed by atoms with E-state index in [9.17, 15) is 17.9 Å². The molecule has 2 heterocycles. The van der Waals surface area contributed by atoms with Gasteiger partial charge in [-0.15, -0.1) is 0 Å². The first kappa shape index (κ1) is 14.4. The SMILES string of the molecule is O=S(=O)(c1cccc2cccnc12)N1C[C@@H](F)C[C@H]1CO. The summed E-state index contributed by atoms with van der Waals surface area (Å²) in [7, 11) is -3.89. The van der Waals surface area contributed by atoms with Crippen molar-refractivity contribution in [2.24, 2.45) is 0 Å². The van der Waals surface area contributed by atoms with Gasteiger partial charge in [0.05, 0.1) is 18.2 Å². The van der Waals surface area contributed by atoms with E-state index in [1.54, 1.807) is 24.3 Å². The number of alkyl halides is 1. The monoisotopic (exact) mass is 310 g/mol. The predicted octanol–water partition coefficient (Wildman–Crippen LogP) is 1.33. The van der Waals surface area contributed by atoms with Crippen molar-refractivity contribution in [1.29, 1.82) is 0 Å². The molecule has 1 fully saturated rings. The van der Waals surface area contributed by atoms with Gasteiger partial charge in [-0.2, -0.15) is 4.31 Å². The van der Waals surface area contributed by atoms with E-state index in [0.717, 1.165) is 4.31 Å². The minimum Gasteiger partial charge on any atom is -0.395 e. The van der Waals surface area contributed by atoms with Crippen LogP contribution in [0.4, 0.5) is 4.39 Å². The first-order valence-electron chi connectivity index (χ1n) is 6.64. The van der Waals surface area contributed by atoms with Gasteiger partial charge in [0.15, 0.2) is 0 Å². The minimum absolute atomic E-state index is 0.0218. The first-order valence-corrected chi connectivity index (χ1v) is 8.08. The molecular formula is C14H15FN2O3S. The van der Waals surface area contributed by atoms with Crippen LogP contribution >= 0.6 is 0 Å². The van der Waals surface area contributed by atoms with Crippen LogP contribution in [0.1, 0.15) is 6.42 Å². The van der Waals surface area contributed by atoms with Gasteiger partial charge in [0, 0.05) is 18.1 Å². The highest BCUT2D eigenvalue weighted by molar-refractivity contribution is 7.89. The quantitative estimate of drug-likeness (QED) is 0.928.